The molecule has 0 unspecified atom stereocenters. The number of anilines is 1. The molecule has 0 aliphatic heterocycles. The number of hydrogen-bond acceptors (Lipinski definition) is 5. The number of rotatable bonds is 7. The zero-order valence-electron chi connectivity index (χ0n) is 19.4. The van der Waals surface area contributed by atoms with Gasteiger partial charge in [-0.1, -0.05) is 30.3 Å². The van der Waals surface area contributed by atoms with Gasteiger partial charge >= 0.3 is 6.18 Å². The van der Waals surface area contributed by atoms with Crippen LogP contribution in [0.1, 0.15) is 51.1 Å². The van der Waals surface area contributed by atoms with E-state index in [4.69, 9.17) is 5.73 Å². The van der Waals surface area contributed by atoms with E-state index in [0.717, 1.165) is 24.3 Å². The normalized spacial score (nSPS) is 22.4. The molecule has 11 heteroatoms. The van der Waals surface area contributed by atoms with Crippen LogP contribution in [0.4, 0.5) is 24.5 Å². The second-order valence-corrected chi connectivity index (χ2v) is 9.79. The Hall–Kier alpha value is -3.93. The van der Waals surface area contributed by atoms with Crippen LogP contribution in [-0.2, 0) is 11.6 Å². The number of amides is 2. The molecule has 2 amide bonds. The maximum absolute atomic E-state index is 13.4. The lowest BCUT2D eigenvalue weighted by molar-refractivity contribution is -0.272. The summed E-state index contributed by atoms with van der Waals surface area (Å²) in [6.45, 7) is 0. The Morgan fingerprint density at radius 1 is 0.919 bits per heavy atom. The summed E-state index contributed by atoms with van der Waals surface area (Å²) in [6, 6.07) is 17.1. The molecule has 0 saturated heterocycles. The van der Waals surface area contributed by atoms with Gasteiger partial charge in [0.2, 0.25) is 11.6 Å². The van der Waals surface area contributed by atoms with E-state index in [9.17, 15) is 33.2 Å². The molecule has 0 spiro atoms. The Labute approximate surface area is 209 Å². The zero-order chi connectivity index (χ0) is 26.6. The third kappa shape index (κ3) is 4.41. The van der Waals surface area contributed by atoms with E-state index in [1.165, 1.54) is 17.7 Å². The van der Waals surface area contributed by atoms with Gasteiger partial charge in [0.15, 0.2) is 0 Å². The molecular formula is C26H24F3N4O4+. The first-order valence-corrected chi connectivity index (χ1v) is 11.5. The average Bonchev–Trinajstić information content (AvgIpc) is 2.80. The van der Waals surface area contributed by atoms with Crippen molar-refractivity contribution in [2.75, 3.05) is 5.43 Å². The lowest BCUT2D eigenvalue weighted by atomic mass is 9.37. The molecule has 6 rings (SSSR count). The quantitative estimate of drug-likeness (QED) is 0.235. The number of halogens is 3. The van der Waals surface area contributed by atoms with Crippen LogP contribution in [0.2, 0.25) is 0 Å². The number of alkyl halides is 3. The standard InChI is InChI=1S/C26H23F3N4O4/c27-26(28,29)18-8-11-20(21(12-18)32-33(36,37)19-9-6-16(7-10-19)22(30)34)23(35)31-25-13-24(14-25,15-25)17-4-2-1-3-5-17/h1-12,36-37H,13-15H2,(H3-,30,31,32,34,35)/p+1. The van der Waals surface area contributed by atoms with E-state index < -0.39 is 39.7 Å². The summed E-state index contributed by atoms with van der Waals surface area (Å²) in [5.74, 6) is -1.38. The highest BCUT2D eigenvalue weighted by atomic mass is 19.4. The van der Waals surface area contributed by atoms with Gasteiger partial charge in [0.1, 0.15) is 5.69 Å². The minimum Gasteiger partial charge on any atom is -0.366 e. The molecule has 0 heterocycles. The van der Waals surface area contributed by atoms with Crippen LogP contribution in [-0.4, -0.2) is 27.8 Å². The Balaban J connectivity index is 1.39. The monoisotopic (exact) mass is 513 g/mol. The smallest absolute Gasteiger partial charge is 0.366 e. The number of carbonyl (C=O) groups excluding carboxylic acids is 2. The van der Waals surface area contributed by atoms with E-state index in [-0.39, 0.29) is 22.2 Å². The molecule has 3 aliphatic carbocycles. The van der Waals surface area contributed by atoms with Gasteiger partial charge in [-0.25, -0.2) is 0 Å². The van der Waals surface area contributed by atoms with Gasteiger partial charge in [0.25, 0.3) is 5.91 Å². The van der Waals surface area contributed by atoms with Crippen molar-refractivity contribution in [1.29, 1.82) is 0 Å². The summed E-state index contributed by atoms with van der Waals surface area (Å²) in [5, 5.41) is 24.1. The molecule has 3 aromatic carbocycles. The topological polar surface area (TPSA) is 125 Å². The molecule has 8 nitrogen and oxygen atoms in total. The van der Waals surface area contributed by atoms with E-state index >= 15 is 0 Å². The predicted molar refractivity (Wildman–Crippen MR) is 128 cm³/mol. The van der Waals surface area contributed by atoms with E-state index in [0.29, 0.717) is 25.3 Å². The van der Waals surface area contributed by atoms with Crippen LogP contribution in [0.25, 0.3) is 0 Å². The minimum atomic E-state index is -4.73. The van der Waals surface area contributed by atoms with Crippen molar-refractivity contribution < 1.29 is 33.2 Å². The zero-order valence-corrected chi connectivity index (χ0v) is 19.4. The molecule has 3 aromatic rings. The summed E-state index contributed by atoms with van der Waals surface area (Å²) in [6.07, 6.45) is -2.59. The highest BCUT2D eigenvalue weighted by Gasteiger charge is 2.69. The Bertz CT molecular complexity index is 1360. The molecule has 3 aliphatic rings. The molecule has 0 atom stereocenters. The lowest BCUT2D eigenvalue weighted by Crippen LogP contribution is -2.76. The molecular weight excluding hydrogens is 489 g/mol. The largest absolute Gasteiger partial charge is 0.416 e. The molecule has 37 heavy (non-hydrogen) atoms. The number of carbonyl (C=O) groups is 2. The predicted octanol–water partition coefficient (Wildman–Crippen LogP) is 4.52. The maximum atomic E-state index is 13.4. The molecule has 6 N–H and O–H groups in total. The maximum Gasteiger partial charge on any atom is 0.416 e. The molecule has 3 fully saturated rings. The Kier molecular flexibility index (Phi) is 5.55. The van der Waals surface area contributed by atoms with Crippen LogP contribution in [0.3, 0.4) is 0 Å². The summed E-state index contributed by atoms with van der Waals surface area (Å²) in [7, 11) is 0. The van der Waals surface area contributed by atoms with Crippen molar-refractivity contribution in [2.45, 2.75) is 36.4 Å². The SMILES string of the molecule is NC(=O)c1ccc([N+](O)(O)Nc2cc(C(F)(F)F)ccc2C(=O)NC23CC(c4ccccc4)(C2)C3)cc1. The van der Waals surface area contributed by atoms with Crippen LogP contribution in [0, 0.1) is 0 Å². The summed E-state index contributed by atoms with van der Waals surface area (Å²) in [4.78, 5) is 22.4. The van der Waals surface area contributed by atoms with Gasteiger partial charge in [-0.15, -0.1) is 10.4 Å². The molecule has 192 valence electrons. The van der Waals surface area contributed by atoms with Crippen molar-refractivity contribution in [3.05, 3.63) is 95.1 Å². The molecule has 0 aromatic heterocycles. The first-order valence-electron chi connectivity index (χ1n) is 11.5. The number of nitrogens with zero attached hydrogens (tertiary/aromatic N) is 1. The van der Waals surface area contributed by atoms with Crippen molar-refractivity contribution in [2.24, 2.45) is 5.73 Å². The van der Waals surface area contributed by atoms with Gasteiger partial charge in [0.05, 0.1) is 16.0 Å². The van der Waals surface area contributed by atoms with E-state index in [2.05, 4.69) is 10.7 Å². The Morgan fingerprint density at radius 3 is 2.11 bits per heavy atom. The number of nitrogens with two attached hydrogens (primary N) is 1. The number of benzene rings is 3. The summed E-state index contributed by atoms with van der Waals surface area (Å²) >= 11 is 0. The summed E-state index contributed by atoms with van der Waals surface area (Å²) in [5.41, 5.74) is 6.24. The first kappa shape index (κ1) is 24.8. The number of hydrogen-bond donors (Lipinski definition) is 5. The van der Waals surface area contributed by atoms with Gasteiger partial charge in [0, 0.05) is 28.7 Å². The number of quaternary nitrogens is 1. The minimum absolute atomic E-state index is 0.00488. The van der Waals surface area contributed by atoms with Crippen LogP contribution in [0.15, 0.2) is 72.8 Å². The average molecular weight is 513 g/mol. The van der Waals surface area contributed by atoms with Crippen LogP contribution >= 0.6 is 0 Å². The van der Waals surface area contributed by atoms with Crippen molar-refractivity contribution >= 4 is 23.2 Å². The molecule has 3 saturated carbocycles. The van der Waals surface area contributed by atoms with Gasteiger partial charge in [-0.3, -0.25) is 9.59 Å². The second-order valence-electron chi connectivity index (χ2n) is 9.79. The lowest BCUT2D eigenvalue weighted by Gasteiger charge is -2.71. The van der Waals surface area contributed by atoms with E-state index in [1.807, 2.05) is 30.3 Å². The second kappa shape index (κ2) is 8.30. The molecule has 0 radical (unpaired) electrons. The van der Waals surface area contributed by atoms with Crippen molar-refractivity contribution in [3.63, 3.8) is 0 Å². The third-order valence-electron chi connectivity index (χ3n) is 7.17. The number of primary amides is 1. The number of nitrogens with one attached hydrogen (secondary N) is 2. The van der Waals surface area contributed by atoms with Gasteiger partial charge in [-0.2, -0.15) is 18.6 Å². The summed E-state index contributed by atoms with van der Waals surface area (Å²) < 4.78 is 40.3. The van der Waals surface area contributed by atoms with Crippen molar-refractivity contribution in [3.8, 4) is 0 Å². The van der Waals surface area contributed by atoms with Gasteiger partial charge < -0.3 is 11.1 Å². The third-order valence-corrected chi connectivity index (χ3v) is 7.17. The fraction of sp³-hybridized carbons (Fsp3) is 0.231. The fourth-order valence-corrected chi connectivity index (χ4v) is 5.40. The Morgan fingerprint density at radius 2 is 1.54 bits per heavy atom. The first-order chi connectivity index (χ1) is 17.3. The highest BCUT2D eigenvalue weighted by molar-refractivity contribution is 6.00. The van der Waals surface area contributed by atoms with Crippen LogP contribution < -0.4 is 21.4 Å². The molecule has 2 bridgehead atoms. The fourth-order valence-electron chi connectivity index (χ4n) is 5.40. The van der Waals surface area contributed by atoms with Crippen molar-refractivity contribution in [1.82, 2.24) is 10.2 Å². The highest BCUT2D eigenvalue weighted by Crippen LogP contribution is 2.67. The van der Waals surface area contributed by atoms with Crippen LogP contribution in [0.5, 0.6) is 0 Å². The van der Waals surface area contributed by atoms with E-state index in [1.54, 1.807) is 0 Å². The van der Waals surface area contributed by atoms with Gasteiger partial charge in [-0.05, 0) is 55.2 Å².